The molecular formula is C27H28N2O4S. The Morgan fingerprint density at radius 1 is 1.03 bits per heavy atom. The standard InChI is InChI=1S/C27H28N2O4S/c1-28(2)15-7-16-29-24(22-10-6-17-34-22)23(26(31)27(29)32)25(30)20-11-13-21(14-12-20)33-18-19-8-4-3-5-9-19/h3-6,8-14,17,24,30H,7,15-16,18H2,1-2H3/b25-23+. The van der Waals surface area contributed by atoms with Crippen LogP contribution in [0.25, 0.3) is 5.76 Å². The van der Waals surface area contributed by atoms with E-state index in [1.807, 2.05) is 66.8 Å². The number of nitrogens with zero attached hydrogens (tertiary/aromatic N) is 2. The Morgan fingerprint density at radius 3 is 2.41 bits per heavy atom. The first-order valence-electron chi connectivity index (χ1n) is 11.2. The first kappa shape index (κ1) is 23.7. The number of hydrogen-bond acceptors (Lipinski definition) is 6. The van der Waals surface area contributed by atoms with Gasteiger partial charge >= 0.3 is 0 Å². The van der Waals surface area contributed by atoms with Crippen LogP contribution in [0.3, 0.4) is 0 Å². The lowest BCUT2D eigenvalue weighted by Gasteiger charge is -2.24. The summed E-state index contributed by atoms with van der Waals surface area (Å²) in [6, 6.07) is 20.0. The van der Waals surface area contributed by atoms with Gasteiger partial charge in [0, 0.05) is 17.0 Å². The van der Waals surface area contributed by atoms with Crippen molar-refractivity contribution in [3.05, 3.63) is 93.7 Å². The second-order valence-corrected chi connectivity index (χ2v) is 9.44. The summed E-state index contributed by atoms with van der Waals surface area (Å²) in [7, 11) is 3.94. The van der Waals surface area contributed by atoms with Crippen LogP contribution in [-0.2, 0) is 16.2 Å². The summed E-state index contributed by atoms with van der Waals surface area (Å²) in [5.74, 6) is -0.729. The van der Waals surface area contributed by atoms with Gasteiger partial charge in [0.25, 0.3) is 11.7 Å². The quantitative estimate of drug-likeness (QED) is 0.275. The average Bonchev–Trinajstić information content (AvgIpc) is 3.46. The van der Waals surface area contributed by atoms with Crippen molar-refractivity contribution in [1.29, 1.82) is 0 Å². The molecule has 7 heteroatoms. The minimum Gasteiger partial charge on any atom is -0.507 e. The third-order valence-corrected chi connectivity index (χ3v) is 6.66. The fourth-order valence-electron chi connectivity index (χ4n) is 4.02. The number of ether oxygens (including phenoxy) is 1. The first-order valence-corrected chi connectivity index (χ1v) is 12.1. The van der Waals surface area contributed by atoms with E-state index in [-0.39, 0.29) is 11.3 Å². The molecule has 1 N–H and O–H groups in total. The van der Waals surface area contributed by atoms with E-state index in [0.717, 1.165) is 23.4 Å². The molecule has 1 aliphatic heterocycles. The van der Waals surface area contributed by atoms with Crippen molar-refractivity contribution < 1.29 is 19.4 Å². The fourth-order valence-corrected chi connectivity index (χ4v) is 4.86. The molecular weight excluding hydrogens is 448 g/mol. The van der Waals surface area contributed by atoms with Gasteiger partial charge in [-0.2, -0.15) is 0 Å². The van der Waals surface area contributed by atoms with Crippen LogP contribution in [0.4, 0.5) is 0 Å². The maximum atomic E-state index is 13.0. The molecule has 0 radical (unpaired) electrons. The second kappa shape index (κ2) is 10.7. The molecule has 0 bridgehead atoms. The zero-order chi connectivity index (χ0) is 24.1. The smallest absolute Gasteiger partial charge is 0.295 e. The number of aliphatic hydroxyl groups is 1. The minimum absolute atomic E-state index is 0.134. The Kier molecular flexibility index (Phi) is 7.45. The van der Waals surface area contributed by atoms with E-state index >= 15 is 0 Å². The SMILES string of the molecule is CN(C)CCCN1C(=O)C(=O)/C(=C(/O)c2ccc(OCc3ccccc3)cc2)C1c1cccs1. The molecule has 2 aromatic carbocycles. The van der Waals surface area contributed by atoms with Crippen LogP contribution in [-0.4, -0.2) is 53.8 Å². The van der Waals surface area contributed by atoms with E-state index < -0.39 is 17.7 Å². The van der Waals surface area contributed by atoms with Crippen molar-refractivity contribution in [3.8, 4) is 5.75 Å². The lowest BCUT2D eigenvalue weighted by Crippen LogP contribution is -2.32. The van der Waals surface area contributed by atoms with Crippen LogP contribution in [0.5, 0.6) is 5.75 Å². The summed E-state index contributed by atoms with van der Waals surface area (Å²) in [4.78, 5) is 30.4. The third-order valence-electron chi connectivity index (χ3n) is 5.73. The van der Waals surface area contributed by atoms with Gasteiger partial charge < -0.3 is 19.6 Å². The Hall–Kier alpha value is -3.42. The Morgan fingerprint density at radius 2 is 1.76 bits per heavy atom. The maximum absolute atomic E-state index is 13.0. The van der Waals surface area contributed by atoms with Crippen molar-refractivity contribution in [2.45, 2.75) is 19.1 Å². The van der Waals surface area contributed by atoms with E-state index in [1.165, 1.54) is 11.3 Å². The van der Waals surface area contributed by atoms with E-state index in [2.05, 4.69) is 0 Å². The van der Waals surface area contributed by atoms with Gasteiger partial charge in [0.1, 0.15) is 18.1 Å². The fraction of sp³-hybridized carbons (Fsp3) is 0.259. The number of likely N-dealkylation sites (tertiary alicyclic amines) is 1. The molecule has 1 saturated heterocycles. The van der Waals surface area contributed by atoms with Gasteiger partial charge in [-0.1, -0.05) is 36.4 Å². The molecule has 0 aliphatic carbocycles. The van der Waals surface area contributed by atoms with Gasteiger partial charge in [-0.15, -0.1) is 11.3 Å². The lowest BCUT2D eigenvalue weighted by atomic mass is 10.00. The van der Waals surface area contributed by atoms with Gasteiger partial charge in [-0.3, -0.25) is 9.59 Å². The predicted octanol–water partition coefficient (Wildman–Crippen LogP) is 4.70. The molecule has 1 aromatic heterocycles. The molecule has 4 rings (SSSR count). The molecule has 1 unspecified atom stereocenters. The highest BCUT2D eigenvalue weighted by Gasteiger charge is 2.46. The van der Waals surface area contributed by atoms with E-state index in [1.54, 1.807) is 29.2 Å². The summed E-state index contributed by atoms with van der Waals surface area (Å²) in [5, 5.41) is 13.1. The molecule has 1 fully saturated rings. The molecule has 1 amide bonds. The number of rotatable bonds is 9. The number of thiophene rings is 1. The number of carbonyl (C=O) groups is 2. The largest absolute Gasteiger partial charge is 0.507 e. The molecule has 34 heavy (non-hydrogen) atoms. The molecule has 1 aliphatic rings. The number of Topliss-reactive ketones (excluding diaryl/α,β-unsaturated/α-hetero) is 1. The van der Waals surface area contributed by atoms with Gasteiger partial charge in [0.2, 0.25) is 0 Å². The predicted molar refractivity (Wildman–Crippen MR) is 134 cm³/mol. The van der Waals surface area contributed by atoms with Gasteiger partial charge in [0.05, 0.1) is 11.6 Å². The van der Waals surface area contributed by atoms with Crippen LogP contribution >= 0.6 is 11.3 Å². The van der Waals surface area contributed by atoms with Crippen molar-refractivity contribution in [2.75, 3.05) is 27.2 Å². The number of ketones is 1. The van der Waals surface area contributed by atoms with Crippen molar-refractivity contribution in [1.82, 2.24) is 9.80 Å². The molecule has 6 nitrogen and oxygen atoms in total. The topological polar surface area (TPSA) is 70.1 Å². The number of carbonyl (C=O) groups excluding carboxylic acids is 2. The summed E-state index contributed by atoms with van der Waals surface area (Å²) in [6.45, 7) is 1.67. The van der Waals surface area contributed by atoms with E-state index in [9.17, 15) is 14.7 Å². The van der Waals surface area contributed by atoms with Gasteiger partial charge in [-0.25, -0.2) is 0 Å². The minimum atomic E-state index is -0.648. The lowest BCUT2D eigenvalue weighted by molar-refractivity contribution is -0.139. The van der Waals surface area contributed by atoms with E-state index in [0.29, 0.717) is 24.5 Å². The highest BCUT2D eigenvalue weighted by molar-refractivity contribution is 7.10. The van der Waals surface area contributed by atoms with Gasteiger partial charge in [-0.05, 0) is 68.3 Å². The maximum Gasteiger partial charge on any atom is 0.295 e. The number of benzene rings is 2. The third kappa shape index (κ3) is 5.21. The van der Waals surface area contributed by atoms with Crippen molar-refractivity contribution >= 4 is 28.8 Å². The zero-order valence-corrected chi connectivity index (χ0v) is 20.1. The molecule has 2 heterocycles. The summed E-state index contributed by atoms with van der Waals surface area (Å²) >= 11 is 1.47. The Bertz CT molecular complexity index is 1160. The number of aliphatic hydroxyl groups excluding tert-OH is 1. The first-order chi connectivity index (χ1) is 16.5. The van der Waals surface area contributed by atoms with Crippen LogP contribution in [0.15, 0.2) is 77.7 Å². The molecule has 1 atom stereocenters. The van der Waals surface area contributed by atoms with Crippen LogP contribution < -0.4 is 4.74 Å². The summed E-state index contributed by atoms with van der Waals surface area (Å²) in [5.41, 5.74) is 1.66. The monoisotopic (exact) mass is 476 g/mol. The van der Waals surface area contributed by atoms with Crippen molar-refractivity contribution in [2.24, 2.45) is 0 Å². The summed E-state index contributed by atoms with van der Waals surface area (Å²) in [6.07, 6.45) is 0.732. The Balaban J connectivity index is 1.59. The highest BCUT2D eigenvalue weighted by Crippen LogP contribution is 2.41. The normalized spacial score (nSPS) is 17.5. The molecule has 176 valence electrons. The van der Waals surface area contributed by atoms with Crippen LogP contribution in [0.1, 0.15) is 28.5 Å². The zero-order valence-electron chi connectivity index (χ0n) is 19.3. The van der Waals surface area contributed by atoms with Crippen LogP contribution in [0.2, 0.25) is 0 Å². The summed E-state index contributed by atoms with van der Waals surface area (Å²) < 4.78 is 5.82. The number of hydrogen-bond donors (Lipinski definition) is 1. The van der Waals surface area contributed by atoms with Gasteiger partial charge in [0.15, 0.2) is 0 Å². The second-order valence-electron chi connectivity index (χ2n) is 8.46. The van der Waals surface area contributed by atoms with E-state index in [4.69, 9.17) is 4.74 Å². The number of amides is 1. The van der Waals surface area contributed by atoms with Crippen LogP contribution in [0, 0.1) is 0 Å². The Labute approximate surface area is 203 Å². The molecule has 3 aromatic rings. The van der Waals surface area contributed by atoms with Crippen molar-refractivity contribution in [3.63, 3.8) is 0 Å². The molecule has 0 saturated carbocycles. The molecule has 0 spiro atoms. The highest BCUT2D eigenvalue weighted by atomic mass is 32.1. The average molecular weight is 477 g/mol.